The van der Waals surface area contributed by atoms with Crippen molar-refractivity contribution >= 4 is 23.4 Å². The number of aliphatic hydroxyl groups is 1. The molecule has 0 unspecified atom stereocenters. The number of methoxy groups -OCH3 is 2. The van der Waals surface area contributed by atoms with Gasteiger partial charge in [-0.25, -0.2) is 9.78 Å². The van der Waals surface area contributed by atoms with Gasteiger partial charge in [-0.2, -0.15) is 4.98 Å². The van der Waals surface area contributed by atoms with Gasteiger partial charge in [0.15, 0.2) is 0 Å². The topological polar surface area (TPSA) is 118 Å². The van der Waals surface area contributed by atoms with Gasteiger partial charge in [-0.3, -0.25) is 4.98 Å². The standard InChI is InChI=1S/C21H23N5O4/c1-29-18-12-15(4-5-16(18)20(28)30-2)24-19-13-17(14-6-9-22-10-7-14)25-21(26-19)23-8-3-11-27/h4-7,9-10,12-13,27H,3,8,11H2,1-2H3,(H2,23,24,25,26). The highest BCUT2D eigenvalue weighted by atomic mass is 16.5. The number of carbonyl (C=O) groups excluding carboxylic acids is 1. The first-order chi connectivity index (χ1) is 14.6. The van der Waals surface area contributed by atoms with E-state index in [0.29, 0.717) is 47.4 Å². The van der Waals surface area contributed by atoms with Crippen LogP contribution in [0.2, 0.25) is 0 Å². The van der Waals surface area contributed by atoms with Crippen molar-refractivity contribution in [2.45, 2.75) is 6.42 Å². The first-order valence-corrected chi connectivity index (χ1v) is 9.32. The maximum Gasteiger partial charge on any atom is 0.341 e. The number of nitrogens with zero attached hydrogens (tertiary/aromatic N) is 3. The second kappa shape index (κ2) is 10.2. The van der Waals surface area contributed by atoms with Gasteiger partial charge in [0.1, 0.15) is 17.1 Å². The van der Waals surface area contributed by atoms with E-state index in [1.807, 2.05) is 18.2 Å². The number of benzene rings is 1. The minimum Gasteiger partial charge on any atom is -0.496 e. The van der Waals surface area contributed by atoms with Crippen molar-refractivity contribution in [3.05, 3.63) is 54.4 Å². The third kappa shape index (κ3) is 5.21. The largest absolute Gasteiger partial charge is 0.496 e. The van der Waals surface area contributed by atoms with Crippen molar-refractivity contribution in [2.24, 2.45) is 0 Å². The Bertz CT molecular complexity index is 998. The zero-order valence-corrected chi connectivity index (χ0v) is 16.8. The summed E-state index contributed by atoms with van der Waals surface area (Å²) in [6, 6.07) is 10.6. The number of nitrogens with one attached hydrogen (secondary N) is 2. The van der Waals surface area contributed by atoms with E-state index in [4.69, 9.17) is 14.6 Å². The van der Waals surface area contributed by atoms with E-state index < -0.39 is 5.97 Å². The minimum absolute atomic E-state index is 0.0779. The molecule has 0 aliphatic rings. The average Bonchev–Trinajstić information content (AvgIpc) is 2.79. The van der Waals surface area contributed by atoms with Gasteiger partial charge in [-0.05, 0) is 30.7 Å². The molecule has 0 fully saturated rings. The lowest BCUT2D eigenvalue weighted by molar-refractivity contribution is 0.0597. The summed E-state index contributed by atoms with van der Waals surface area (Å²) < 4.78 is 10.1. The molecule has 30 heavy (non-hydrogen) atoms. The lowest BCUT2D eigenvalue weighted by Crippen LogP contribution is -2.09. The highest BCUT2D eigenvalue weighted by Crippen LogP contribution is 2.27. The minimum atomic E-state index is -0.476. The summed E-state index contributed by atoms with van der Waals surface area (Å²) in [6.07, 6.45) is 3.97. The van der Waals surface area contributed by atoms with Crippen molar-refractivity contribution in [3.8, 4) is 17.0 Å². The van der Waals surface area contributed by atoms with Gasteiger partial charge in [0.05, 0.1) is 19.9 Å². The molecule has 1 aromatic carbocycles. The molecule has 0 bridgehead atoms. The molecule has 0 atom stereocenters. The summed E-state index contributed by atoms with van der Waals surface area (Å²) in [5, 5.41) is 15.3. The fourth-order valence-electron chi connectivity index (χ4n) is 2.74. The molecule has 156 valence electrons. The quantitative estimate of drug-likeness (QED) is 0.362. The molecule has 3 aromatic rings. The summed E-state index contributed by atoms with van der Waals surface area (Å²) in [5.74, 6) is 0.891. The molecular formula is C21H23N5O4. The van der Waals surface area contributed by atoms with Crippen molar-refractivity contribution in [2.75, 3.05) is 38.0 Å². The Balaban J connectivity index is 1.92. The van der Waals surface area contributed by atoms with Crippen LogP contribution in [-0.4, -0.2) is 53.4 Å². The van der Waals surface area contributed by atoms with Crippen molar-refractivity contribution < 1.29 is 19.4 Å². The number of aromatic nitrogens is 3. The molecule has 9 nitrogen and oxygen atoms in total. The van der Waals surface area contributed by atoms with E-state index in [1.165, 1.54) is 14.2 Å². The van der Waals surface area contributed by atoms with Crippen molar-refractivity contribution in [3.63, 3.8) is 0 Å². The van der Waals surface area contributed by atoms with Crippen LogP contribution >= 0.6 is 0 Å². The number of ether oxygens (including phenoxy) is 2. The normalized spacial score (nSPS) is 10.4. The van der Waals surface area contributed by atoms with Gasteiger partial charge < -0.3 is 25.2 Å². The number of hydrogen-bond donors (Lipinski definition) is 3. The van der Waals surface area contributed by atoms with Crippen LogP contribution in [0.1, 0.15) is 16.8 Å². The molecule has 0 radical (unpaired) electrons. The van der Waals surface area contributed by atoms with Gasteiger partial charge in [0.2, 0.25) is 5.95 Å². The summed E-state index contributed by atoms with van der Waals surface area (Å²) in [7, 11) is 2.81. The van der Waals surface area contributed by atoms with Crippen LogP contribution in [0.3, 0.4) is 0 Å². The van der Waals surface area contributed by atoms with E-state index >= 15 is 0 Å². The van der Waals surface area contributed by atoms with E-state index in [1.54, 1.807) is 30.6 Å². The molecule has 9 heteroatoms. The maximum atomic E-state index is 11.9. The lowest BCUT2D eigenvalue weighted by atomic mass is 10.1. The van der Waals surface area contributed by atoms with Crippen LogP contribution in [-0.2, 0) is 4.74 Å². The molecule has 0 amide bonds. The van der Waals surface area contributed by atoms with Gasteiger partial charge >= 0.3 is 5.97 Å². The zero-order chi connectivity index (χ0) is 21.3. The molecule has 3 rings (SSSR count). The molecule has 0 saturated heterocycles. The Hall–Kier alpha value is -3.72. The van der Waals surface area contributed by atoms with E-state index in [-0.39, 0.29) is 6.61 Å². The Morgan fingerprint density at radius 3 is 2.60 bits per heavy atom. The number of esters is 1. The van der Waals surface area contributed by atoms with Crippen LogP contribution in [0.5, 0.6) is 5.75 Å². The number of aliphatic hydroxyl groups excluding tert-OH is 1. The number of carbonyl (C=O) groups is 1. The predicted molar refractivity (Wildman–Crippen MR) is 113 cm³/mol. The molecule has 0 aliphatic carbocycles. The predicted octanol–water partition coefficient (Wildman–Crippen LogP) is 2.87. The Kier molecular flexibility index (Phi) is 7.12. The van der Waals surface area contributed by atoms with E-state index in [9.17, 15) is 4.79 Å². The number of hydrogen-bond acceptors (Lipinski definition) is 9. The SMILES string of the molecule is COC(=O)c1ccc(Nc2cc(-c3ccncc3)nc(NCCCO)n2)cc1OC. The summed E-state index contributed by atoms with van der Waals surface area (Å²) >= 11 is 0. The Morgan fingerprint density at radius 2 is 1.90 bits per heavy atom. The molecule has 2 heterocycles. The molecule has 0 spiro atoms. The van der Waals surface area contributed by atoms with Crippen LogP contribution in [0.25, 0.3) is 11.3 Å². The lowest BCUT2D eigenvalue weighted by Gasteiger charge is -2.13. The van der Waals surface area contributed by atoms with Crippen LogP contribution in [0.15, 0.2) is 48.8 Å². The van der Waals surface area contributed by atoms with E-state index in [2.05, 4.69) is 25.6 Å². The first kappa shape index (κ1) is 21.0. The number of anilines is 3. The summed E-state index contributed by atoms with van der Waals surface area (Å²) in [4.78, 5) is 24.9. The Labute approximate surface area is 174 Å². The third-order valence-corrected chi connectivity index (χ3v) is 4.20. The second-order valence-electron chi connectivity index (χ2n) is 6.23. The average molecular weight is 409 g/mol. The second-order valence-corrected chi connectivity index (χ2v) is 6.23. The van der Waals surface area contributed by atoms with E-state index in [0.717, 1.165) is 5.56 Å². The molecular weight excluding hydrogens is 386 g/mol. The first-order valence-electron chi connectivity index (χ1n) is 9.32. The van der Waals surface area contributed by atoms with Gasteiger partial charge in [-0.1, -0.05) is 0 Å². The van der Waals surface area contributed by atoms with Gasteiger partial charge in [-0.15, -0.1) is 0 Å². The number of rotatable bonds is 9. The molecule has 3 N–H and O–H groups in total. The fraction of sp³-hybridized carbons (Fsp3) is 0.238. The fourth-order valence-corrected chi connectivity index (χ4v) is 2.74. The van der Waals surface area contributed by atoms with Gasteiger partial charge in [0, 0.05) is 48.9 Å². The van der Waals surface area contributed by atoms with Crippen molar-refractivity contribution in [1.29, 1.82) is 0 Å². The van der Waals surface area contributed by atoms with Crippen LogP contribution < -0.4 is 15.4 Å². The zero-order valence-electron chi connectivity index (χ0n) is 16.8. The Morgan fingerprint density at radius 1 is 1.10 bits per heavy atom. The molecule has 2 aromatic heterocycles. The summed E-state index contributed by atoms with van der Waals surface area (Å²) in [6.45, 7) is 0.617. The van der Waals surface area contributed by atoms with Crippen LogP contribution in [0, 0.1) is 0 Å². The molecule has 0 saturated carbocycles. The van der Waals surface area contributed by atoms with Crippen molar-refractivity contribution in [1.82, 2.24) is 15.0 Å². The monoisotopic (exact) mass is 409 g/mol. The maximum absolute atomic E-state index is 11.9. The highest BCUT2D eigenvalue weighted by Gasteiger charge is 2.14. The molecule has 0 aliphatic heterocycles. The van der Waals surface area contributed by atoms with Crippen LogP contribution in [0.4, 0.5) is 17.5 Å². The third-order valence-electron chi connectivity index (χ3n) is 4.20. The summed E-state index contributed by atoms with van der Waals surface area (Å²) in [5.41, 5.74) is 2.61. The smallest absolute Gasteiger partial charge is 0.341 e. The highest BCUT2D eigenvalue weighted by molar-refractivity contribution is 5.93. The number of pyridine rings is 1. The van der Waals surface area contributed by atoms with Gasteiger partial charge in [0.25, 0.3) is 0 Å².